The van der Waals surface area contributed by atoms with E-state index in [0.717, 1.165) is 0 Å². The summed E-state index contributed by atoms with van der Waals surface area (Å²) in [6.45, 7) is 13.9. The highest BCUT2D eigenvalue weighted by Gasteiger charge is 2.43. The molecule has 0 aliphatic carbocycles. The van der Waals surface area contributed by atoms with Gasteiger partial charge in [-0.25, -0.2) is 4.79 Å². The molecular weight excluding hydrogens is 692 g/mol. The molecule has 14 nitrogen and oxygen atoms in total. The van der Waals surface area contributed by atoms with Crippen LogP contribution in [0, 0.1) is 23.7 Å². The van der Waals surface area contributed by atoms with Crippen molar-refractivity contribution in [2.75, 3.05) is 47.6 Å². The molecule has 9 atom stereocenters. The molecule has 1 aromatic rings. The van der Waals surface area contributed by atoms with E-state index in [4.69, 9.17) is 15.2 Å². The van der Waals surface area contributed by atoms with E-state index >= 15 is 0 Å². The number of methoxy groups -OCH3 is 2. The Bertz CT molecular complexity index is 1380. The zero-order chi connectivity index (χ0) is 41.0. The number of carboxylic acid groups (broad SMARTS) is 1. The number of carboxylic acids is 1. The monoisotopic (exact) mass is 761 g/mol. The average molecular weight is 761 g/mol. The van der Waals surface area contributed by atoms with E-state index in [1.54, 1.807) is 48.0 Å². The van der Waals surface area contributed by atoms with Crippen LogP contribution in [0.3, 0.4) is 0 Å². The van der Waals surface area contributed by atoms with Crippen molar-refractivity contribution in [3.63, 3.8) is 0 Å². The van der Waals surface area contributed by atoms with E-state index in [2.05, 4.69) is 10.6 Å². The first-order valence-corrected chi connectivity index (χ1v) is 19.3. The molecule has 1 aliphatic heterocycles. The summed E-state index contributed by atoms with van der Waals surface area (Å²) in [7, 11) is 8.42. The maximum absolute atomic E-state index is 14.2. The van der Waals surface area contributed by atoms with E-state index in [0.29, 0.717) is 37.1 Å². The molecule has 0 spiro atoms. The Balaban J connectivity index is 2.27. The Hall–Kier alpha value is -3.75. The summed E-state index contributed by atoms with van der Waals surface area (Å²) in [6.07, 6.45) is 0.698. The van der Waals surface area contributed by atoms with Gasteiger partial charge in [0, 0.05) is 39.9 Å². The van der Waals surface area contributed by atoms with E-state index < -0.39 is 60.2 Å². The number of nitrogen functional groups attached to an aromatic ring is 1. The maximum Gasteiger partial charge on any atom is 0.326 e. The largest absolute Gasteiger partial charge is 0.480 e. The van der Waals surface area contributed by atoms with Crippen LogP contribution in [0.25, 0.3) is 0 Å². The lowest BCUT2D eigenvalue weighted by Gasteiger charge is -2.41. The van der Waals surface area contributed by atoms with Crippen LogP contribution in [0.1, 0.15) is 79.7 Å². The number of likely N-dealkylation sites (tertiary alicyclic amines) is 1. The molecule has 2 rings (SSSR count). The highest BCUT2D eigenvalue weighted by atomic mass is 16.5. The lowest BCUT2D eigenvalue weighted by Crippen LogP contribution is -2.59. The van der Waals surface area contributed by atoms with Crippen molar-refractivity contribution >= 4 is 35.3 Å². The van der Waals surface area contributed by atoms with Gasteiger partial charge < -0.3 is 40.7 Å². The third-order valence-electron chi connectivity index (χ3n) is 11.0. The number of ether oxygens (including phenoxy) is 2. The number of nitrogens with zero attached hydrogens (tertiary/aromatic N) is 3. The predicted octanol–water partition coefficient (Wildman–Crippen LogP) is 3.03. The fraction of sp³-hybridized carbons (Fsp3) is 0.725. The Labute approximate surface area is 322 Å². The Morgan fingerprint density at radius 2 is 1.54 bits per heavy atom. The summed E-state index contributed by atoms with van der Waals surface area (Å²) in [5.41, 5.74) is 7.03. The zero-order valence-electron chi connectivity index (χ0n) is 34.6. The normalized spacial score (nSPS) is 19.1. The molecular formula is C40H68N6O8. The fourth-order valence-electron chi connectivity index (χ4n) is 7.80. The van der Waals surface area contributed by atoms with Gasteiger partial charge in [-0.2, -0.15) is 0 Å². The second-order valence-electron chi connectivity index (χ2n) is 15.8. The standard InChI is InChI=1S/C40H68N6O8/c1-13-25(6)35(45(10)39(50)33(23(2)3)43-38(49)34(24(4)5)44(8)9)31(53-11)22-32(47)46-20-14-15-30(46)36(54-12)26(7)37(48)42-29(40(51)52)21-27-16-18-28(41)19-17-27/h16-19,23-26,29-31,33-36H,13-15,20-22,41H2,1-12H3,(H,42,48)(H,43,49)(H,51,52)/t25-,26?,29-,30-,31?,33-,34?,35?,36?/m0/s1. The SMILES string of the molecule is CC[C@H](C)C(C(CC(=O)N1CCC[C@H]1C(OC)C(C)C(=O)N[C@@H](Cc1ccc(N)cc1)C(=O)O)OC)N(C)C(=O)[C@@H](NC(=O)C(C(C)C)N(C)C)C(C)C. The van der Waals surface area contributed by atoms with Gasteiger partial charge in [0.25, 0.3) is 0 Å². The van der Waals surface area contributed by atoms with Crippen molar-refractivity contribution in [1.29, 1.82) is 0 Å². The van der Waals surface area contributed by atoms with Gasteiger partial charge in [-0.05, 0) is 62.4 Å². The van der Waals surface area contributed by atoms with E-state index in [9.17, 15) is 29.1 Å². The number of benzene rings is 1. The number of aliphatic carboxylic acids is 1. The second kappa shape index (κ2) is 21.4. The van der Waals surface area contributed by atoms with Crippen LogP contribution < -0.4 is 16.4 Å². The van der Waals surface area contributed by atoms with Crippen molar-refractivity contribution in [3.8, 4) is 0 Å². The quantitative estimate of drug-likeness (QED) is 0.136. The topological polar surface area (TPSA) is 184 Å². The minimum Gasteiger partial charge on any atom is -0.480 e. The number of anilines is 1. The molecule has 4 amide bonds. The van der Waals surface area contributed by atoms with Crippen LogP contribution in [-0.2, 0) is 39.9 Å². The van der Waals surface area contributed by atoms with Gasteiger partial charge in [0.05, 0.1) is 42.7 Å². The van der Waals surface area contributed by atoms with Gasteiger partial charge in [-0.3, -0.25) is 24.1 Å². The molecule has 0 saturated carbocycles. The molecule has 0 radical (unpaired) electrons. The fourth-order valence-corrected chi connectivity index (χ4v) is 7.80. The van der Waals surface area contributed by atoms with Crippen molar-refractivity contribution in [2.24, 2.45) is 23.7 Å². The summed E-state index contributed by atoms with van der Waals surface area (Å²) < 4.78 is 11.9. The van der Waals surface area contributed by atoms with Crippen LogP contribution in [0.15, 0.2) is 24.3 Å². The van der Waals surface area contributed by atoms with Crippen LogP contribution in [0.2, 0.25) is 0 Å². The number of nitrogens with one attached hydrogen (secondary N) is 2. The first-order valence-electron chi connectivity index (χ1n) is 19.3. The number of amides is 4. The maximum atomic E-state index is 14.2. The van der Waals surface area contributed by atoms with Gasteiger partial charge in [0.2, 0.25) is 23.6 Å². The Morgan fingerprint density at radius 1 is 0.926 bits per heavy atom. The summed E-state index contributed by atoms with van der Waals surface area (Å²) >= 11 is 0. The average Bonchev–Trinajstić information content (AvgIpc) is 3.59. The van der Waals surface area contributed by atoms with Crippen LogP contribution in [0.5, 0.6) is 0 Å². The summed E-state index contributed by atoms with van der Waals surface area (Å²) in [5, 5.41) is 15.6. The molecule has 1 aromatic carbocycles. The minimum absolute atomic E-state index is 0.0198. The molecule has 0 aromatic heterocycles. The molecule has 5 unspecified atom stereocenters. The molecule has 1 saturated heterocycles. The lowest BCUT2D eigenvalue weighted by atomic mass is 9.89. The van der Waals surface area contributed by atoms with Gasteiger partial charge in [-0.1, -0.05) is 67.0 Å². The third-order valence-corrected chi connectivity index (χ3v) is 11.0. The molecule has 1 heterocycles. The summed E-state index contributed by atoms with van der Waals surface area (Å²) in [6, 6.07) is 3.52. The van der Waals surface area contributed by atoms with Crippen LogP contribution in [0.4, 0.5) is 5.69 Å². The van der Waals surface area contributed by atoms with Crippen molar-refractivity contribution in [1.82, 2.24) is 25.3 Å². The lowest BCUT2D eigenvalue weighted by molar-refractivity contribution is -0.148. The second-order valence-corrected chi connectivity index (χ2v) is 15.8. The molecule has 5 N–H and O–H groups in total. The highest BCUT2D eigenvalue weighted by Crippen LogP contribution is 2.30. The molecule has 14 heteroatoms. The number of rotatable bonds is 21. The summed E-state index contributed by atoms with van der Waals surface area (Å²) in [5.74, 6) is -3.32. The van der Waals surface area contributed by atoms with E-state index in [1.807, 2.05) is 60.5 Å². The number of hydrogen-bond acceptors (Lipinski definition) is 9. The van der Waals surface area contributed by atoms with E-state index in [-0.39, 0.29) is 48.3 Å². The number of carbonyl (C=O) groups is 5. The number of hydrogen-bond donors (Lipinski definition) is 4. The smallest absolute Gasteiger partial charge is 0.326 e. The summed E-state index contributed by atoms with van der Waals surface area (Å²) in [4.78, 5) is 72.6. The van der Waals surface area contributed by atoms with Crippen molar-refractivity contribution in [2.45, 2.75) is 123 Å². The molecule has 1 aliphatic rings. The highest BCUT2D eigenvalue weighted by molar-refractivity contribution is 5.90. The Morgan fingerprint density at radius 3 is 2.02 bits per heavy atom. The Kier molecular flexibility index (Phi) is 18.4. The predicted molar refractivity (Wildman–Crippen MR) is 209 cm³/mol. The molecule has 1 fully saturated rings. The van der Waals surface area contributed by atoms with Gasteiger partial charge in [0.1, 0.15) is 12.1 Å². The third kappa shape index (κ3) is 12.1. The van der Waals surface area contributed by atoms with Crippen molar-refractivity contribution < 1.29 is 38.6 Å². The molecule has 0 bridgehead atoms. The van der Waals surface area contributed by atoms with Gasteiger partial charge >= 0.3 is 5.97 Å². The first-order chi connectivity index (χ1) is 25.3. The number of likely N-dealkylation sites (N-methyl/N-ethyl adjacent to an activating group) is 2. The first kappa shape index (κ1) is 46.4. The van der Waals surface area contributed by atoms with Crippen molar-refractivity contribution in [3.05, 3.63) is 29.8 Å². The molecule has 54 heavy (non-hydrogen) atoms. The van der Waals surface area contributed by atoms with Crippen LogP contribution in [-0.4, -0.2) is 134 Å². The van der Waals surface area contributed by atoms with E-state index in [1.165, 1.54) is 14.2 Å². The number of carbonyl (C=O) groups excluding carboxylic acids is 4. The van der Waals surface area contributed by atoms with Gasteiger partial charge in [-0.15, -0.1) is 0 Å². The number of nitrogens with two attached hydrogens (primary N) is 1. The van der Waals surface area contributed by atoms with Crippen LogP contribution >= 0.6 is 0 Å². The van der Waals surface area contributed by atoms with Gasteiger partial charge in [0.15, 0.2) is 0 Å². The molecule has 306 valence electrons. The zero-order valence-corrected chi connectivity index (χ0v) is 34.6. The minimum atomic E-state index is -1.17.